The molecule has 0 radical (unpaired) electrons. The van der Waals surface area contributed by atoms with Crippen LogP contribution in [0.25, 0.3) is 0 Å². The number of hydrogen-bond donors (Lipinski definition) is 1. The zero-order chi connectivity index (χ0) is 10.3. The second kappa shape index (κ2) is 3.44. The van der Waals surface area contributed by atoms with E-state index < -0.39 is 0 Å². The lowest BCUT2D eigenvalue weighted by atomic mass is 10.0. The van der Waals surface area contributed by atoms with Crippen LogP contribution >= 0.6 is 11.5 Å². The molecule has 15 heavy (non-hydrogen) atoms. The third kappa shape index (κ3) is 2.00. The zero-order valence-corrected chi connectivity index (χ0v) is 9.94. The van der Waals surface area contributed by atoms with Gasteiger partial charge < -0.3 is 5.32 Å². The number of nitrogens with zero attached hydrogens (tertiary/aromatic N) is 2. The summed E-state index contributed by atoms with van der Waals surface area (Å²) < 4.78 is 4.39. The molecule has 1 aromatic heterocycles. The molecule has 3 rings (SSSR count). The van der Waals surface area contributed by atoms with Crippen molar-refractivity contribution in [2.45, 2.75) is 44.9 Å². The van der Waals surface area contributed by atoms with E-state index in [-0.39, 0.29) is 0 Å². The van der Waals surface area contributed by atoms with Gasteiger partial charge in [-0.1, -0.05) is 6.92 Å². The van der Waals surface area contributed by atoms with Gasteiger partial charge in [-0.25, -0.2) is 4.98 Å². The normalized spacial score (nSPS) is 22.7. The van der Waals surface area contributed by atoms with Gasteiger partial charge in [-0.3, -0.25) is 0 Å². The smallest absolute Gasteiger partial charge is 0.202 e. The molecular weight excluding hydrogens is 206 g/mol. The molecule has 2 aliphatic carbocycles. The second-order valence-corrected chi connectivity index (χ2v) is 5.69. The van der Waals surface area contributed by atoms with Crippen molar-refractivity contribution in [3.05, 3.63) is 5.82 Å². The minimum atomic E-state index is 0.589. The fraction of sp³-hybridized carbons (Fsp3) is 0.818. The molecule has 0 spiro atoms. The molecule has 1 aromatic rings. The largest absolute Gasteiger partial charge is 0.360 e. The van der Waals surface area contributed by atoms with E-state index in [4.69, 9.17) is 0 Å². The highest BCUT2D eigenvalue weighted by atomic mass is 32.1. The van der Waals surface area contributed by atoms with Crippen molar-refractivity contribution in [2.24, 2.45) is 5.41 Å². The van der Waals surface area contributed by atoms with E-state index in [1.807, 2.05) is 0 Å². The van der Waals surface area contributed by atoms with Gasteiger partial charge in [0.1, 0.15) is 5.82 Å². The molecule has 0 saturated heterocycles. The summed E-state index contributed by atoms with van der Waals surface area (Å²) in [6.07, 6.45) is 6.62. The molecule has 0 bridgehead atoms. The van der Waals surface area contributed by atoms with Crippen molar-refractivity contribution in [3.63, 3.8) is 0 Å². The lowest BCUT2D eigenvalue weighted by Crippen LogP contribution is -2.14. The topological polar surface area (TPSA) is 37.8 Å². The van der Waals surface area contributed by atoms with Crippen LogP contribution in [0.5, 0.6) is 0 Å². The van der Waals surface area contributed by atoms with Crippen molar-refractivity contribution in [1.29, 1.82) is 0 Å². The summed E-state index contributed by atoms with van der Waals surface area (Å²) in [7, 11) is 0. The monoisotopic (exact) mass is 223 g/mol. The Morgan fingerprint density at radius 1 is 1.47 bits per heavy atom. The molecule has 1 N–H and O–H groups in total. The second-order valence-electron chi connectivity index (χ2n) is 4.94. The van der Waals surface area contributed by atoms with Crippen molar-refractivity contribution >= 4 is 16.7 Å². The number of hydrogen-bond acceptors (Lipinski definition) is 4. The lowest BCUT2D eigenvalue weighted by molar-refractivity contribution is 0.521. The summed E-state index contributed by atoms with van der Waals surface area (Å²) in [5.74, 6) is 1.75. The lowest BCUT2D eigenvalue weighted by Gasteiger charge is -2.11. The first kappa shape index (κ1) is 9.58. The van der Waals surface area contributed by atoms with Crippen LogP contribution in [0.4, 0.5) is 5.13 Å². The van der Waals surface area contributed by atoms with Gasteiger partial charge in [-0.15, -0.1) is 0 Å². The van der Waals surface area contributed by atoms with Crippen LogP contribution in [0.15, 0.2) is 0 Å². The highest BCUT2D eigenvalue weighted by molar-refractivity contribution is 7.09. The van der Waals surface area contributed by atoms with Crippen molar-refractivity contribution < 1.29 is 0 Å². The van der Waals surface area contributed by atoms with Gasteiger partial charge in [0.15, 0.2) is 0 Å². The van der Waals surface area contributed by atoms with Crippen LogP contribution in [0, 0.1) is 5.41 Å². The first-order valence-electron chi connectivity index (χ1n) is 5.89. The van der Waals surface area contributed by atoms with Crippen LogP contribution in [-0.2, 0) is 0 Å². The molecule has 82 valence electrons. The quantitative estimate of drug-likeness (QED) is 0.833. The molecule has 3 nitrogen and oxygen atoms in total. The fourth-order valence-corrected chi connectivity index (χ4v) is 2.55. The molecule has 1 heterocycles. The van der Waals surface area contributed by atoms with Crippen molar-refractivity contribution in [3.8, 4) is 0 Å². The van der Waals surface area contributed by atoms with Gasteiger partial charge in [-0.05, 0) is 37.5 Å². The highest BCUT2D eigenvalue weighted by Crippen LogP contribution is 2.48. The number of nitrogens with one attached hydrogen (secondary N) is 1. The standard InChI is InChI=1S/C11H17N3S/c1-2-11(5-6-11)7-12-10-13-9(14-15-10)8-3-4-8/h8H,2-7H2,1H3,(H,12,13,14). The van der Waals surface area contributed by atoms with E-state index in [0.717, 1.165) is 17.5 Å². The number of aromatic nitrogens is 2. The maximum atomic E-state index is 4.53. The Kier molecular flexibility index (Phi) is 2.20. The van der Waals surface area contributed by atoms with Crippen LogP contribution in [0.3, 0.4) is 0 Å². The molecule has 0 atom stereocenters. The summed E-state index contributed by atoms with van der Waals surface area (Å²) in [6.45, 7) is 3.37. The molecule has 0 aromatic carbocycles. The first-order valence-corrected chi connectivity index (χ1v) is 6.66. The van der Waals surface area contributed by atoms with Crippen LogP contribution < -0.4 is 5.32 Å². The van der Waals surface area contributed by atoms with E-state index in [1.165, 1.54) is 43.6 Å². The zero-order valence-electron chi connectivity index (χ0n) is 9.12. The van der Waals surface area contributed by atoms with Crippen molar-refractivity contribution in [1.82, 2.24) is 9.36 Å². The van der Waals surface area contributed by atoms with E-state index in [0.29, 0.717) is 11.3 Å². The molecule has 2 fully saturated rings. The number of anilines is 1. The molecule has 0 amide bonds. The molecular formula is C11H17N3S. The Morgan fingerprint density at radius 3 is 2.87 bits per heavy atom. The molecule has 0 unspecified atom stereocenters. The van der Waals surface area contributed by atoms with Gasteiger partial charge in [0.25, 0.3) is 0 Å². The predicted molar refractivity (Wildman–Crippen MR) is 62.3 cm³/mol. The Labute approximate surface area is 94.5 Å². The minimum Gasteiger partial charge on any atom is -0.360 e. The van der Waals surface area contributed by atoms with Gasteiger partial charge in [0, 0.05) is 24.0 Å². The minimum absolute atomic E-state index is 0.589. The maximum absolute atomic E-state index is 4.53. The highest BCUT2D eigenvalue weighted by Gasteiger charge is 2.40. The van der Waals surface area contributed by atoms with Gasteiger partial charge >= 0.3 is 0 Å². The summed E-state index contributed by atoms with van der Waals surface area (Å²) in [5, 5.41) is 4.47. The van der Waals surface area contributed by atoms with Crippen LogP contribution in [0.2, 0.25) is 0 Å². The predicted octanol–water partition coefficient (Wildman–Crippen LogP) is 3.02. The Balaban J connectivity index is 1.57. The molecule has 0 aliphatic heterocycles. The maximum Gasteiger partial charge on any atom is 0.202 e. The summed E-state index contributed by atoms with van der Waals surface area (Å²) in [5.41, 5.74) is 0.589. The molecule has 2 aliphatic rings. The average Bonchev–Trinajstić information content (AvgIpc) is 3.17. The number of rotatable bonds is 5. The Morgan fingerprint density at radius 2 is 2.27 bits per heavy atom. The molecule has 4 heteroatoms. The third-order valence-electron chi connectivity index (χ3n) is 3.71. The summed E-state index contributed by atoms with van der Waals surface area (Å²) >= 11 is 1.52. The first-order chi connectivity index (χ1) is 7.31. The fourth-order valence-electron chi connectivity index (χ4n) is 1.91. The van der Waals surface area contributed by atoms with E-state index in [9.17, 15) is 0 Å². The summed E-state index contributed by atoms with van der Waals surface area (Å²) in [4.78, 5) is 4.53. The van der Waals surface area contributed by atoms with E-state index in [2.05, 4.69) is 21.6 Å². The van der Waals surface area contributed by atoms with Crippen LogP contribution in [0.1, 0.15) is 50.8 Å². The average molecular weight is 223 g/mol. The van der Waals surface area contributed by atoms with Gasteiger partial charge in [0.2, 0.25) is 5.13 Å². The van der Waals surface area contributed by atoms with E-state index in [1.54, 1.807) is 0 Å². The van der Waals surface area contributed by atoms with E-state index >= 15 is 0 Å². The Bertz CT molecular complexity index is 352. The van der Waals surface area contributed by atoms with Gasteiger partial charge in [-0.2, -0.15) is 4.37 Å². The SMILES string of the molecule is CCC1(CNc2nc(C3CC3)ns2)CC1. The summed E-state index contributed by atoms with van der Waals surface area (Å²) in [6, 6.07) is 0. The van der Waals surface area contributed by atoms with Crippen LogP contribution in [-0.4, -0.2) is 15.9 Å². The van der Waals surface area contributed by atoms with Gasteiger partial charge in [0.05, 0.1) is 0 Å². The molecule has 2 saturated carbocycles. The Hall–Kier alpha value is -0.640. The van der Waals surface area contributed by atoms with Crippen molar-refractivity contribution in [2.75, 3.05) is 11.9 Å². The third-order valence-corrected chi connectivity index (χ3v) is 4.39.